The standard InChI is InChI=1S/C33H31N3O5/c37-20-23-14-16-24(17-15-23)35-31(38)19-34-32(39)30(18-22-8-2-1-3-9-22)36-33(40)41-21-29-27-12-6-4-10-25(27)26-11-5-7-13-28(26)29/h1-17,29-30,37H,18-21H2,(H,34,39)(H,35,38)(H,36,40). The number of benzene rings is 4. The second-order valence-corrected chi connectivity index (χ2v) is 9.83. The number of aliphatic hydroxyl groups excluding tert-OH is 1. The molecular formula is C33H31N3O5. The number of fused-ring (bicyclic) bond motifs is 3. The molecule has 0 saturated carbocycles. The molecule has 1 aliphatic rings. The lowest BCUT2D eigenvalue weighted by molar-refractivity contribution is -0.125. The molecule has 5 rings (SSSR count). The number of amides is 3. The van der Waals surface area contributed by atoms with E-state index >= 15 is 0 Å². The number of ether oxygens (including phenoxy) is 1. The first kappa shape index (κ1) is 27.6. The molecule has 0 radical (unpaired) electrons. The van der Waals surface area contributed by atoms with Crippen molar-refractivity contribution in [3.05, 3.63) is 125 Å². The van der Waals surface area contributed by atoms with E-state index in [-0.39, 0.29) is 32.1 Å². The van der Waals surface area contributed by atoms with Crippen LogP contribution in [0.5, 0.6) is 0 Å². The number of nitrogens with one attached hydrogen (secondary N) is 3. The van der Waals surface area contributed by atoms with Gasteiger partial charge in [-0.3, -0.25) is 9.59 Å². The van der Waals surface area contributed by atoms with Crippen molar-refractivity contribution in [3.8, 4) is 11.1 Å². The third-order valence-electron chi connectivity index (χ3n) is 7.08. The van der Waals surface area contributed by atoms with Gasteiger partial charge in [0.15, 0.2) is 0 Å². The maximum atomic E-state index is 13.1. The van der Waals surface area contributed by atoms with Gasteiger partial charge in [0.1, 0.15) is 12.6 Å². The van der Waals surface area contributed by atoms with E-state index in [1.807, 2.05) is 66.7 Å². The number of hydrogen-bond acceptors (Lipinski definition) is 5. The molecule has 8 nitrogen and oxygen atoms in total. The van der Waals surface area contributed by atoms with Crippen molar-refractivity contribution in [1.29, 1.82) is 0 Å². The predicted octanol–water partition coefficient (Wildman–Crippen LogP) is 4.38. The average Bonchev–Trinajstić information content (AvgIpc) is 3.33. The highest BCUT2D eigenvalue weighted by atomic mass is 16.5. The van der Waals surface area contributed by atoms with Crippen LogP contribution < -0.4 is 16.0 Å². The quantitative estimate of drug-likeness (QED) is 0.234. The summed E-state index contributed by atoms with van der Waals surface area (Å²) >= 11 is 0. The van der Waals surface area contributed by atoms with Gasteiger partial charge in [0, 0.05) is 18.0 Å². The van der Waals surface area contributed by atoms with E-state index in [1.54, 1.807) is 24.3 Å². The molecule has 0 saturated heterocycles. The number of carbonyl (C=O) groups excluding carboxylic acids is 3. The zero-order valence-corrected chi connectivity index (χ0v) is 22.4. The van der Waals surface area contributed by atoms with Gasteiger partial charge in [0.05, 0.1) is 13.2 Å². The fourth-order valence-electron chi connectivity index (χ4n) is 5.03. The van der Waals surface area contributed by atoms with Gasteiger partial charge < -0.3 is 25.8 Å². The summed E-state index contributed by atoms with van der Waals surface area (Å²) in [6, 6.07) is 31.2. The van der Waals surface area contributed by atoms with E-state index in [0.29, 0.717) is 5.69 Å². The first-order chi connectivity index (χ1) is 20.0. The lowest BCUT2D eigenvalue weighted by Crippen LogP contribution is -2.49. The van der Waals surface area contributed by atoms with Crippen molar-refractivity contribution in [3.63, 3.8) is 0 Å². The molecule has 1 unspecified atom stereocenters. The van der Waals surface area contributed by atoms with Gasteiger partial charge in [-0.05, 0) is 45.5 Å². The third-order valence-corrected chi connectivity index (χ3v) is 7.08. The largest absolute Gasteiger partial charge is 0.449 e. The van der Waals surface area contributed by atoms with Crippen molar-refractivity contribution in [2.24, 2.45) is 0 Å². The Morgan fingerprint density at radius 1 is 0.756 bits per heavy atom. The highest BCUT2D eigenvalue weighted by molar-refractivity contribution is 5.95. The van der Waals surface area contributed by atoms with Crippen LogP contribution in [0, 0.1) is 0 Å². The molecule has 208 valence electrons. The molecular weight excluding hydrogens is 518 g/mol. The summed E-state index contributed by atoms with van der Waals surface area (Å²) in [5.74, 6) is -1.03. The van der Waals surface area contributed by atoms with Gasteiger partial charge in [-0.2, -0.15) is 0 Å². The molecule has 1 atom stereocenters. The Morgan fingerprint density at radius 2 is 1.37 bits per heavy atom. The van der Waals surface area contributed by atoms with Gasteiger partial charge in [-0.15, -0.1) is 0 Å². The monoisotopic (exact) mass is 549 g/mol. The van der Waals surface area contributed by atoms with Crippen LogP contribution >= 0.6 is 0 Å². The zero-order chi connectivity index (χ0) is 28.6. The molecule has 4 N–H and O–H groups in total. The topological polar surface area (TPSA) is 117 Å². The zero-order valence-electron chi connectivity index (χ0n) is 22.4. The molecule has 0 aliphatic heterocycles. The van der Waals surface area contributed by atoms with E-state index in [2.05, 4.69) is 28.1 Å². The second-order valence-electron chi connectivity index (χ2n) is 9.83. The van der Waals surface area contributed by atoms with E-state index < -0.39 is 23.9 Å². The maximum Gasteiger partial charge on any atom is 0.407 e. The van der Waals surface area contributed by atoms with Crippen LogP contribution in [0.2, 0.25) is 0 Å². The molecule has 4 aromatic rings. The Bertz CT molecular complexity index is 1480. The summed E-state index contributed by atoms with van der Waals surface area (Å²) in [6.07, 6.45) is -0.488. The fraction of sp³-hybridized carbons (Fsp3) is 0.182. The molecule has 4 aromatic carbocycles. The molecule has 1 aliphatic carbocycles. The number of hydrogen-bond donors (Lipinski definition) is 4. The maximum absolute atomic E-state index is 13.1. The number of alkyl carbamates (subject to hydrolysis) is 1. The van der Waals surface area contributed by atoms with Crippen LogP contribution in [-0.4, -0.2) is 42.2 Å². The third kappa shape index (κ3) is 6.80. The Hall–Kier alpha value is -4.95. The lowest BCUT2D eigenvalue weighted by atomic mass is 9.98. The summed E-state index contributed by atoms with van der Waals surface area (Å²) in [5.41, 5.74) is 6.55. The summed E-state index contributed by atoms with van der Waals surface area (Å²) in [7, 11) is 0. The minimum atomic E-state index is -0.954. The first-order valence-electron chi connectivity index (χ1n) is 13.4. The fourth-order valence-corrected chi connectivity index (χ4v) is 5.03. The van der Waals surface area contributed by atoms with E-state index in [0.717, 1.165) is 33.4 Å². The van der Waals surface area contributed by atoms with Gasteiger partial charge in [0.25, 0.3) is 0 Å². The molecule has 0 aromatic heterocycles. The Labute approximate surface area is 238 Å². The van der Waals surface area contributed by atoms with E-state index in [4.69, 9.17) is 9.84 Å². The molecule has 0 fully saturated rings. The van der Waals surface area contributed by atoms with Crippen LogP contribution in [0.4, 0.5) is 10.5 Å². The number of aliphatic hydroxyl groups is 1. The SMILES string of the molecule is O=C(CNC(=O)C(Cc1ccccc1)NC(=O)OCC1c2ccccc2-c2ccccc21)Nc1ccc(CO)cc1. The average molecular weight is 550 g/mol. The smallest absolute Gasteiger partial charge is 0.407 e. The van der Waals surface area contributed by atoms with Gasteiger partial charge in [0.2, 0.25) is 11.8 Å². The van der Waals surface area contributed by atoms with Crippen molar-refractivity contribution in [1.82, 2.24) is 10.6 Å². The van der Waals surface area contributed by atoms with Crippen LogP contribution in [0.25, 0.3) is 11.1 Å². The molecule has 8 heteroatoms. The Kier molecular flexibility index (Phi) is 8.71. The number of carbonyl (C=O) groups is 3. The second kappa shape index (κ2) is 12.9. The van der Waals surface area contributed by atoms with Gasteiger partial charge in [-0.1, -0.05) is 91.0 Å². The summed E-state index contributed by atoms with van der Waals surface area (Å²) in [4.78, 5) is 38.5. The van der Waals surface area contributed by atoms with Crippen molar-refractivity contribution in [2.75, 3.05) is 18.5 Å². The predicted molar refractivity (Wildman–Crippen MR) is 156 cm³/mol. The van der Waals surface area contributed by atoms with Crippen LogP contribution in [0.15, 0.2) is 103 Å². The first-order valence-corrected chi connectivity index (χ1v) is 13.4. The summed E-state index contributed by atoms with van der Waals surface area (Å²) in [5, 5.41) is 17.2. The van der Waals surface area contributed by atoms with Crippen molar-refractivity contribution >= 4 is 23.6 Å². The number of rotatable bonds is 10. The minimum absolute atomic E-state index is 0.0935. The number of anilines is 1. The molecule has 0 heterocycles. The van der Waals surface area contributed by atoms with Crippen LogP contribution in [-0.2, 0) is 27.4 Å². The lowest BCUT2D eigenvalue weighted by Gasteiger charge is -2.20. The van der Waals surface area contributed by atoms with E-state index in [9.17, 15) is 14.4 Å². The molecule has 41 heavy (non-hydrogen) atoms. The minimum Gasteiger partial charge on any atom is -0.449 e. The van der Waals surface area contributed by atoms with Crippen LogP contribution in [0.3, 0.4) is 0 Å². The van der Waals surface area contributed by atoms with Gasteiger partial charge in [-0.25, -0.2) is 4.79 Å². The normalized spacial score (nSPS) is 12.5. The van der Waals surface area contributed by atoms with E-state index in [1.165, 1.54) is 0 Å². The molecule has 3 amide bonds. The summed E-state index contributed by atoms with van der Waals surface area (Å²) < 4.78 is 5.65. The van der Waals surface area contributed by atoms with Gasteiger partial charge >= 0.3 is 6.09 Å². The van der Waals surface area contributed by atoms with Crippen molar-refractivity contribution < 1.29 is 24.2 Å². The highest BCUT2D eigenvalue weighted by Gasteiger charge is 2.30. The molecule has 0 bridgehead atoms. The van der Waals surface area contributed by atoms with Crippen LogP contribution in [0.1, 0.15) is 28.2 Å². The molecule has 0 spiro atoms. The Balaban J connectivity index is 1.21. The summed E-state index contributed by atoms with van der Waals surface area (Å²) in [6.45, 7) is -0.251. The highest BCUT2D eigenvalue weighted by Crippen LogP contribution is 2.44. The van der Waals surface area contributed by atoms with Crippen molar-refractivity contribution in [2.45, 2.75) is 25.0 Å². The Morgan fingerprint density at radius 3 is 2.00 bits per heavy atom.